The summed E-state index contributed by atoms with van der Waals surface area (Å²) in [5.41, 5.74) is 0. The summed E-state index contributed by atoms with van der Waals surface area (Å²) < 4.78 is 9.76. The maximum Gasteiger partial charge on any atom is 0.319 e. The molecule has 0 N–H and O–H groups in total. The monoisotopic (exact) mass is 173 g/mol. The van der Waals surface area contributed by atoms with Gasteiger partial charge in [0, 0.05) is 12.6 Å². The minimum atomic E-state index is -0.190. The van der Waals surface area contributed by atoms with Crippen LogP contribution in [0.25, 0.3) is 0 Å². The standard InChI is InChI=1S/C8H15NO3/c1-9(5-8(10)11-2)7-3-4-12-6-7/h7H,3-6H2,1-2H3. The quantitative estimate of drug-likeness (QED) is 0.558. The van der Waals surface area contributed by atoms with E-state index in [0.29, 0.717) is 12.6 Å². The molecule has 0 amide bonds. The second-order valence-electron chi connectivity index (χ2n) is 3.01. The Kier molecular flexibility index (Phi) is 3.49. The minimum absolute atomic E-state index is 0.190. The third-order valence-corrected chi connectivity index (χ3v) is 2.14. The van der Waals surface area contributed by atoms with E-state index in [1.54, 1.807) is 0 Å². The van der Waals surface area contributed by atoms with Gasteiger partial charge in [-0.25, -0.2) is 0 Å². The third kappa shape index (κ3) is 2.46. The molecular formula is C8H15NO3. The van der Waals surface area contributed by atoms with E-state index in [-0.39, 0.29) is 5.97 Å². The molecule has 0 aromatic heterocycles. The Balaban J connectivity index is 2.26. The molecule has 1 unspecified atom stereocenters. The first-order valence-electron chi connectivity index (χ1n) is 4.09. The van der Waals surface area contributed by atoms with Crippen LogP contribution in [0.5, 0.6) is 0 Å². The lowest BCUT2D eigenvalue weighted by Crippen LogP contribution is -2.36. The number of nitrogens with zero attached hydrogens (tertiary/aromatic N) is 1. The first-order chi connectivity index (χ1) is 5.74. The SMILES string of the molecule is COC(=O)CN(C)C1CCOC1. The van der Waals surface area contributed by atoms with E-state index in [0.717, 1.165) is 19.6 Å². The Hall–Kier alpha value is -0.610. The average Bonchev–Trinajstić information content (AvgIpc) is 2.56. The molecule has 0 saturated carbocycles. The zero-order chi connectivity index (χ0) is 8.97. The molecule has 0 aromatic rings. The van der Waals surface area contributed by atoms with E-state index in [1.807, 2.05) is 11.9 Å². The van der Waals surface area contributed by atoms with Crippen LogP contribution in [0, 0.1) is 0 Å². The van der Waals surface area contributed by atoms with Crippen LogP contribution >= 0.6 is 0 Å². The van der Waals surface area contributed by atoms with Gasteiger partial charge in [0.1, 0.15) is 0 Å². The average molecular weight is 173 g/mol. The van der Waals surface area contributed by atoms with Gasteiger partial charge in [0.25, 0.3) is 0 Å². The summed E-state index contributed by atoms with van der Waals surface area (Å²) in [6, 6.07) is 0.379. The van der Waals surface area contributed by atoms with Crippen molar-refractivity contribution in [2.45, 2.75) is 12.5 Å². The second-order valence-corrected chi connectivity index (χ2v) is 3.01. The number of carbonyl (C=O) groups excluding carboxylic acids is 1. The van der Waals surface area contributed by atoms with Crippen LogP contribution in [0.2, 0.25) is 0 Å². The Morgan fingerprint density at radius 2 is 2.50 bits per heavy atom. The van der Waals surface area contributed by atoms with Crippen molar-refractivity contribution in [3.63, 3.8) is 0 Å². The highest BCUT2D eigenvalue weighted by Crippen LogP contribution is 2.09. The molecule has 1 fully saturated rings. The first-order valence-corrected chi connectivity index (χ1v) is 4.09. The Labute approximate surface area is 72.4 Å². The fourth-order valence-electron chi connectivity index (χ4n) is 1.27. The maximum absolute atomic E-state index is 10.9. The van der Waals surface area contributed by atoms with Gasteiger partial charge < -0.3 is 9.47 Å². The second kappa shape index (κ2) is 4.42. The van der Waals surface area contributed by atoms with E-state index in [9.17, 15) is 4.79 Å². The molecular weight excluding hydrogens is 158 g/mol. The summed E-state index contributed by atoms with van der Waals surface area (Å²) in [6.45, 7) is 1.88. The lowest BCUT2D eigenvalue weighted by molar-refractivity contribution is -0.142. The van der Waals surface area contributed by atoms with Crippen molar-refractivity contribution in [1.29, 1.82) is 0 Å². The topological polar surface area (TPSA) is 38.8 Å². The third-order valence-electron chi connectivity index (χ3n) is 2.14. The Bertz CT molecular complexity index is 154. The molecule has 12 heavy (non-hydrogen) atoms. The van der Waals surface area contributed by atoms with E-state index in [4.69, 9.17) is 4.74 Å². The molecule has 1 aliphatic rings. The van der Waals surface area contributed by atoms with Gasteiger partial charge in [-0.1, -0.05) is 0 Å². The Morgan fingerprint density at radius 3 is 3.00 bits per heavy atom. The van der Waals surface area contributed by atoms with Gasteiger partial charge in [-0.2, -0.15) is 0 Å². The predicted octanol–water partition coefficient (Wildman–Crippen LogP) is -0.120. The van der Waals surface area contributed by atoms with Crippen molar-refractivity contribution in [2.75, 3.05) is 33.9 Å². The van der Waals surface area contributed by atoms with Crippen LogP contribution < -0.4 is 0 Å². The van der Waals surface area contributed by atoms with Crippen molar-refractivity contribution in [3.05, 3.63) is 0 Å². The number of likely N-dealkylation sites (N-methyl/N-ethyl adjacent to an activating group) is 1. The van der Waals surface area contributed by atoms with Gasteiger partial charge >= 0.3 is 5.97 Å². The largest absolute Gasteiger partial charge is 0.468 e. The smallest absolute Gasteiger partial charge is 0.319 e. The molecule has 1 saturated heterocycles. The highest BCUT2D eigenvalue weighted by atomic mass is 16.5. The molecule has 1 heterocycles. The zero-order valence-electron chi connectivity index (χ0n) is 7.58. The van der Waals surface area contributed by atoms with Crippen molar-refractivity contribution in [3.8, 4) is 0 Å². The molecule has 0 radical (unpaired) electrons. The van der Waals surface area contributed by atoms with Crippen LogP contribution in [0.1, 0.15) is 6.42 Å². The fraction of sp³-hybridized carbons (Fsp3) is 0.875. The Morgan fingerprint density at radius 1 is 1.75 bits per heavy atom. The number of methoxy groups -OCH3 is 1. The summed E-state index contributed by atoms with van der Waals surface area (Å²) in [6.07, 6.45) is 1.01. The minimum Gasteiger partial charge on any atom is -0.468 e. The van der Waals surface area contributed by atoms with Gasteiger partial charge in [0.15, 0.2) is 0 Å². The van der Waals surface area contributed by atoms with E-state index in [2.05, 4.69) is 4.74 Å². The summed E-state index contributed by atoms with van der Waals surface area (Å²) in [4.78, 5) is 12.8. The summed E-state index contributed by atoms with van der Waals surface area (Å²) in [5, 5.41) is 0. The molecule has 1 aliphatic heterocycles. The number of rotatable bonds is 3. The van der Waals surface area contributed by atoms with Crippen molar-refractivity contribution in [2.24, 2.45) is 0 Å². The molecule has 4 nitrogen and oxygen atoms in total. The van der Waals surface area contributed by atoms with Gasteiger partial charge in [0.05, 0.1) is 20.3 Å². The molecule has 4 heteroatoms. The van der Waals surface area contributed by atoms with Crippen molar-refractivity contribution >= 4 is 5.97 Å². The van der Waals surface area contributed by atoms with Crippen molar-refractivity contribution < 1.29 is 14.3 Å². The number of hydrogen-bond donors (Lipinski definition) is 0. The van der Waals surface area contributed by atoms with Crippen LogP contribution in [0.3, 0.4) is 0 Å². The number of esters is 1. The van der Waals surface area contributed by atoms with Gasteiger partial charge in [-0.15, -0.1) is 0 Å². The summed E-state index contributed by atoms with van der Waals surface area (Å²) in [7, 11) is 3.32. The fourth-order valence-corrected chi connectivity index (χ4v) is 1.27. The summed E-state index contributed by atoms with van der Waals surface area (Å²) in [5.74, 6) is -0.190. The maximum atomic E-state index is 10.9. The van der Waals surface area contributed by atoms with Crippen molar-refractivity contribution in [1.82, 2.24) is 4.90 Å². The molecule has 1 atom stereocenters. The van der Waals surface area contributed by atoms with Gasteiger partial charge in [0.2, 0.25) is 0 Å². The molecule has 70 valence electrons. The number of ether oxygens (including phenoxy) is 2. The number of hydrogen-bond acceptors (Lipinski definition) is 4. The molecule has 0 spiro atoms. The van der Waals surface area contributed by atoms with Crippen LogP contribution in [0.15, 0.2) is 0 Å². The van der Waals surface area contributed by atoms with Crippen LogP contribution in [-0.4, -0.2) is 50.8 Å². The predicted molar refractivity (Wildman–Crippen MR) is 43.9 cm³/mol. The summed E-state index contributed by atoms with van der Waals surface area (Å²) >= 11 is 0. The first kappa shape index (κ1) is 9.48. The normalized spacial score (nSPS) is 23.1. The number of carbonyl (C=O) groups is 1. The van der Waals surface area contributed by atoms with Crippen LogP contribution in [0.4, 0.5) is 0 Å². The van der Waals surface area contributed by atoms with Crippen LogP contribution in [-0.2, 0) is 14.3 Å². The lowest BCUT2D eigenvalue weighted by atomic mass is 10.2. The van der Waals surface area contributed by atoms with Gasteiger partial charge in [-0.3, -0.25) is 9.69 Å². The highest BCUT2D eigenvalue weighted by Gasteiger charge is 2.21. The van der Waals surface area contributed by atoms with E-state index in [1.165, 1.54) is 7.11 Å². The van der Waals surface area contributed by atoms with E-state index < -0.39 is 0 Å². The molecule has 0 bridgehead atoms. The molecule has 0 aliphatic carbocycles. The van der Waals surface area contributed by atoms with Gasteiger partial charge in [-0.05, 0) is 13.5 Å². The zero-order valence-corrected chi connectivity index (χ0v) is 7.58. The highest BCUT2D eigenvalue weighted by molar-refractivity contribution is 5.71. The van der Waals surface area contributed by atoms with E-state index >= 15 is 0 Å². The molecule has 0 aromatic carbocycles. The molecule has 1 rings (SSSR count). The lowest BCUT2D eigenvalue weighted by Gasteiger charge is -2.20.